The SMILES string of the molecule is O=C(CCN1C(=O)CSc2ccccc21)NC1CNNC1. The number of para-hydroxylation sites is 1. The summed E-state index contributed by atoms with van der Waals surface area (Å²) < 4.78 is 0. The molecule has 7 heteroatoms. The minimum atomic E-state index is -0.0194. The van der Waals surface area contributed by atoms with E-state index in [1.165, 1.54) is 0 Å². The molecule has 2 aliphatic rings. The van der Waals surface area contributed by atoms with E-state index in [4.69, 9.17) is 0 Å². The second-order valence-corrected chi connectivity index (χ2v) is 6.10. The molecule has 0 aliphatic carbocycles. The number of nitrogens with one attached hydrogen (secondary N) is 3. The Bertz CT molecular complexity index is 546. The first-order valence-electron chi connectivity index (χ1n) is 7.01. The molecule has 1 saturated heterocycles. The van der Waals surface area contributed by atoms with E-state index >= 15 is 0 Å². The maximum absolute atomic E-state index is 12.1. The molecule has 1 fully saturated rings. The van der Waals surface area contributed by atoms with E-state index in [2.05, 4.69) is 16.2 Å². The normalized spacial score (nSPS) is 18.7. The summed E-state index contributed by atoms with van der Waals surface area (Å²) in [6, 6.07) is 7.95. The van der Waals surface area contributed by atoms with Crippen LogP contribution in [-0.4, -0.2) is 43.2 Å². The van der Waals surface area contributed by atoms with Gasteiger partial charge in [0.05, 0.1) is 17.5 Å². The maximum Gasteiger partial charge on any atom is 0.237 e. The molecule has 0 spiro atoms. The van der Waals surface area contributed by atoms with Crippen molar-refractivity contribution < 1.29 is 9.59 Å². The monoisotopic (exact) mass is 306 g/mol. The van der Waals surface area contributed by atoms with Crippen LogP contribution in [0, 0.1) is 0 Å². The van der Waals surface area contributed by atoms with Crippen molar-refractivity contribution in [3.8, 4) is 0 Å². The number of anilines is 1. The minimum Gasteiger partial charge on any atom is -0.351 e. The minimum absolute atomic E-state index is 0.0194. The van der Waals surface area contributed by atoms with Crippen molar-refractivity contribution in [1.29, 1.82) is 0 Å². The first-order chi connectivity index (χ1) is 10.2. The highest BCUT2D eigenvalue weighted by molar-refractivity contribution is 8.00. The van der Waals surface area contributed by atoms with Crippen LogP contribution in [0.15, 0.2) is 29.2 Å². The zero-order valence-electron chi connectivity index (χ0n) is 11.6. The van der Waals surface area contributed by atoms with Gasteiger partial charge in [0.15, 0.2) is 0 Å². The number of carbonyl (C=O) groups excluding carboxylic acids is 2. The van der Waals surface area contributed by atoms with Crippen molar-refractivity contribution in [1.82, 2.24) is 16.2 Å². The van der Waals surface area contributed by atoms with Gasteiger partial charge in [0.2, 0.25) is 11.8 Å². The predicted octanol–water partition coefficient (Wildman–Crippen LogP) is 0.108. The molecule has 2 aliphatic heterocycles. The summed E-state index contributed by atoms with van der Waals surface area (Å²) in [6.45, 7) is 1.89. The van der Waals surface area contributed by atoms with Crippen molar-refractivity contribution in [3.63, 3.8) is 0 Å². The van der Waals surface area contributed by atoms with Crippen LogP contribution in [-0.2, 0) is 9.59 Å². The lowest BCUT2D eigenvalue weighted by Gasteiger charge is -2.28. The van der Waals surface area contributed by atoms with Crippen LogP contribution >= 0.6 is 11.8 Å². The quantitative estimate of drug-likeness (QED) is 0.736. The Hall–Kier alpha value is -1.57. The van der Waals surface area contributed by atoms with Crippen molar-refractivity contribution in [2.24, 2.45) is 0 Å². The van der Waals surface area contributed by atoms with E-state index < -0.39 is 0 Å². The molecule has 0 radical (unpaired) electrons. The molecule has 1 aromatic rings. The summed E-state index contributed by atoms with van der Waals surface area (Å²) in [5.41, 5.74) is 6.86. The summed E-state index contributed by atoms with van der Waals surface area (Å²) in [4.78, 5) is 26.8. The van der Waals surface area contributed by atoms with E-state index in [1.54, 1.807) is 16.7 Å². The van der Waals surface area contributed by atoms with Crippen LogP contribution in [0.4, 0.5) is 5.69 Å². The average Bonchev–Trinajstić information content (AvgIpc) is 2.99. The number of carbonyl (C=O) groups is 2. The Morgan fingerprint density at radius 1 is 1.33 bits per heavy atom. The van der Waals surface area contributed by atoms with Gasteiger partial charge < -0.3 is 10.2 Å². The van der Waals surface area contributed by atoms with Crippen molar-refractivity contribution in [3.05, 3.63) is 24.3 Å². The number of benzene rings is 1. The second kappa shape index (κ2) is 6.46. The van der Waals surface area contributed by atoms with Gasteiger partial charge in [0.1, 0.15) is 0 Å². The van der Waals surface area contributed by atoms with Gasteiger partial charge in [-0.3, -0.25) is 20.4 Å². The number of hydrogen-bond acceptors (Lipinski definition) is 5. The molecule has 6 nitrogen and oxygen atoms in total. The zero-order chi connectivity index (χ0) is 14.7. The highest BCUT2D eigenvalue weighted by Crippen LogP contribution is 2.34. The number of hydrogen-bond donors (Lipinski definition) is 3. The van der Waals surface area contributed by atoms with E-state index in [9.17, 15) is 9.59 Å². The average molecular weight is 306 g/mol. The van der Waals surface area contributed by atoms with Crippen LogP contribution in [0.2, 0.25) is 0 Å². The first-order valence-corrected chi connectivity index (χ1v) is 8.00. The van der Waals surface area contributed by atoms with E-state index in [0.717, 1.165) is 23.7 Å². The molecular formula is C14H18N4O2S. The van der Waals surface area contributed by atoms with Crippen molar-refractivity contribution in [2.45, 2.75) is 17.4 Å². The molecule has 0 atom stereocenters. The largest absolute Gasteiger partial charge is 0.351 e. The number of amides is 2. The molecule has 0 unspecified atom stereocenters. The Balaban J connectivity index is 1.59. The number of fused-ring (bicyclic) bond motifs is 1. The molecule has 21 heavy (non-hydrogen) atoms. The van der Waals surface area contributed by atoms with Gasteiger partial charge in [-0.05, 0) is 12.1 Å². The number of nitrogens with zero attached hydrogens (tertiary/aromatic N) is 1. The van der Waals surface area contributed by atoms with E-state index in [1.807, 2.05) is 24.3 Å². The summed E-state index contributed by atoms with van der Waals surface area (Å²) in [5.74, 6) is 0.486. The van der Waals surface area contributed by atoms with Crippen molar-refractivity contribution >= 4 is 29.3 Å². The van der Waals surface area contributed by atoms with Gasteiger partial charge in [-0.25, -0.2) is 0 Å². The predicted molar refractivity (Wildman–Crippen MR) is 82.1 cm³/mol. The van der Waals surface area contributed by atoms with Gasteiger partial charge in [0, 0.05) is 31.0 Å². The fraction of sp³-hybridized carbons (Fsp3) is 0.429. The zero-order valence-corrected chi connectivity index (χ0v) is 12.4. The summed E-state index contributed by atoms with van der Waals surface area (Å²) in [6.07, 6.45) is 0.321. The summed E-state index contributed by atoms with van der Waals surface area (Å²) >= 11 is 1.55. The van der Waals surface area contributed by atoms with Crippen LogP contribution in [0.25, 0.3) is 0 Å². The Morgan fingerprint density at radius 3 is 2.90 bits per heavy atom. The first kappa shape index (κ1) is 14.4. The Labute approximate surface area is 127 Å². The van der Waals surface area contributed by atoms with Gasteiger partial charge in [-0.1, -0.05) is 12.1 Å². The molecule has 3 rings (SSSR count). The summed E-state index contributed by atoms with van der Waals surface area (Å²) in [5, 5.41) is 2.95. The van der Waals surface area contributed by atoms with Crippen LogP contribution < -0.4 is 21.1 Å². The van der Waals surface area contributed by atoms with E-state index in [0.29, 0.717) is 18.7 Å². The third kappa shape index (κ3) is 3.37. The van der Waals surface area contributed by atoms with Crippen LogP contribution in [0.1, 0.15) is 6.42 Å². The smallest absolute Gasteiger partial charge is 0.237 e. The number of rotatable bonds is 4. The lowest BCUT2D eigenvalue weighted by molar-refractivity contribution is -0.121. The standard InChI is InChI=1S/C14H18N4O2S/c19-13(17-10-7-15-16-8-10)5-6-18-11-3-1-2-4-12(11)21-9-14(18)20/h1-4,10,15-16H,5-9H2,(H,17,19). The highest BCUT2D eigenvalue weighted by Gasteiger charge is 2.25. The lowest BCUT2D eigenvalue weighted by Crippen LogP contribution is -2.42. The third-order valence-electron chi connectivity index (χ3n) is 3.56. The van der Waals surface area contributed by atoms with Gasteiger partial charge in [0.25, 0.3) is 0 Å². The lowest BCUT2D eigenvalue weighted by atomic mass is 10.2. The van der Waals surface area contributed by atoms with Gasteiger partial charge >= 0.3 is 0 Å². The Kier molecular flexibility index (Phi) is 4.42. The fourth-order valence-electron chi connectivity index (χ4n) is 2.48. The van der Waals surface area contributed by atoms with Crippen LogP contribution in [0.5, 0.6) is 0 Å². The van der Waals surface area contributed by atoms with Gasteiger partial charge in [-0.2, -0.15) is 0 Å². The Morgan fingerprint density at radius 2 is 2.10 bits per heavy atom. The third-order valence-corrected chi connectivity index (χ3v) is 4.61. The molecule has 112 valence electrons. The highest BCUT2D eigenvalue weighted by atomic mass is 32.2. The van der Waals surface area contributed by atoms with Crippen LogP contribution in [0.3, 0.4) is 0 Å². The molecule has 2 heterocycles. The summed E-state index contributed by atoms with van der Waals surface area (Å²) in [7, 11) is 0. The molecular weight excluding hydrogens is 288 g/mol. The molecule has 0 bridgehead atoms. The maximum atomic E-state index is 12.1. The second-order valence-electron chi connectivity index (χ2n) is 5.08. The molecule has 0 aromatic heterocycles. The molecule has 2 amide bonds. The van der Waals surface area contributed by atoms with Crippen molar-refractivity contribution in [2.75, 3.05) is 30.3 Å². The fourth-order valence-corrected chi connectivity index (χ4v) is 3.41. The molecule has 1 aromatic carbocycles. The number of hydrazine groups is 1. The van der Waals surface area contributed by atoms with E-state index in [-0.39, 0.29) is 17.9 Å². The number of thioether (sulfide) groups is 1. The molecule has 3 N–H and O–H groups in total. The van der Waals surface area contributed by atoms with Gasteiger partial charge in [-0.15, -0.1) is 11.8 Å². The topological polar surface area (TPSA) is 73.5 Å². The molecule has 0 saturated carbocycles.